The Bertz CT molecular complexity index is 672. The Hall–Kier alpha value is -2.39. The van der Waals surface area contributed by atoms with Crippen molar-refractivity contribution in [1.29, 1.82) is 0 Å². The van der Waals surface area contributed by atoms with E-state index in [0.29, 0.717) is 32.4 Å². The number of hydrogen-bond donors (Lipinski definition) is 3. The Morgan fingerprint density at radius 2 is 1.60 bits per heavy atom. The van der Waals surface area contributed by atoms with E-state index in [1.807, 2.05) is 13.8 Å². The van der Waals surface area contributed by atoms with E-state index in [1.54, 1.807) is 0 Å². The van der Waals surface area contributed by atoms with Crippen LogP contribution in [0.25, 0.3) is 0 Å². The van der Waals surface area contributed by atoms with Gasteiger partial charge in [0.05, 0.1) is 0 Å². The summed E-state index contributed by atoms with van der Waals surface area (Å²) in [4.78, 5) is 29.0. The van der Waals surface area contributed by atoms with Gasteiger partial charge in [0.25, 0.3) is 0 Å². The number of carbonyl (C=O) groups is 2. The maximum absolute atomic E-state index is 12.6. The van der Waals surface area contributed by atoms with Crippen molar-refractivity contribution in [3.8, 4) is 0 Å². The topological polar surface area (TPSA) is 160 Å². The Labute approximate surface area is 178 Å². The predicted molar refractivity (Wildman–Crippen MR) is 115 cm³/mol. The summed E-state index contributed by atoms with van der Waals surface area (Å²) in [6.45, 7) is 4.98. The fourth-order valence-electron chi connectivity index (χ4n) is 3.31. The third kappa shape index (κ3) is 9.89. The number of rotatable bonds is 17. The van der Waals surface area contributed by atoms with Crippen LogP contribution in [-0.2, 0) is 9.59 Å². The summed E-state index contributed by atoms with van der Waals surface area (Å²) in [5.41, 5.74) is 10.2. The average molecular weight is 421 g/mol. The summed E-state index contributed by atoms with van der Waals surface area (Å²) in [6, 6.07) is 0. The van der Waals surface area contributed by atoms with Crippen molar-refractivity contribution in [2.75, 3.05) is 13.1 Å². The molecular weight excluding hydrogens is 384 g/mol. The van der Waals surface area contributed by atoms with E-state index in [9.17, 15) is 9.59 Å². The molecular formula is C20H36N8O2. The Morgan fingerprint density at radius 3 is 2.23 bits per heavy atom. The van der Waals surface area contributed by atoms with E-state index in [0.717, 1.165) is 38.5 Å². The van der Waals surface area contributed by atoms with Crippen LogP contribution in [-0.4, -0.2) is 42.1 Å². The number of hydrogen-bond acceptors (Lipinski definition) is 7. The molecule has 1 amide bonds. The molecule has 0 aromatic carbocycles. The van der Waals surface area contributed by atoms with Gasteiger partial charge in [-0.1, -0.05) is 12.8 Å². The number of unbranched alkanes of at least 4 members (excludes halogenated alkanes) is 3. The standard InChI is InChI=1S/C20H36N8O2/c1-19(25-26-19)10-6-3-4-9-16(29)14-15(8-5-7-12-24-18(21)22)17(30)23-13-11-20(2)27-28-20/h15H,3-14H2,1-2H3,(H,23,30)(H4,21,22,24)/t15-/m1/s1. The normalized spacial score (nSPS) is 17.9. The molecule has 1 atom stereocenters. The van der Waals surface area contributed by atoms with Gasteiger partial charge in [0.1, 0.15) is 5.78 Å². The van der Waals surface area contributed by atoms with Crippen LogP contribution in [0.2, 0.25) is 0 Å². The number of Topliss-reactive ketones (excluding diaryl/α,β-unsaturated/α-hetero) is 1. The van der Waals surface area contributed by atoms with Gasteiger partial charge in [-0.25, -0.2) is 0 Å². The number of aliphatic imine (C=N–C) groups is 1. The molecule has 0 bridgehead atoms. The first-order valence-corrected chi connectivity index (χ1v) is 10.9. The maximum Gasteiger partial charge on any atom is 0.223 e. The van der Waals surface area contributed by atoms with Gasteiger partial charge in [-0.2, -0.15) is 20.5 Å². The van der Waals surface area contributed by atoms with Gasteiger partial charge in [-0.15, -0.1) is 0 Å². The van der Waals surface area contributed by atoms with Crippen LogP contribution >= 0.6 is 0 Å². The lowest BCUT2D eigenvalue weighted by Crippen LogP contribution is -2.34. The van der Waals surface area contributed by atoms with E-state index in [2.05, 4.69) is 30.8 Å². The number of nitrogens with two attached hydrogens (primary N) is 2. The zero-order valence-corrected chi connectivity index (χ0v) is 18.3. The molecule has 0 aromatic heterocycles. The lowest BCUT2D eigenvalue weighted by atomic mass is 9.93. The largest absolute Gasteiger partial charge is 0.370 e. The summed E-state index contributed by atoms with van der Waals surface area (Å²) < 4.78 is 0. The number of nitrogens with one attached hydrogen (secondary N) is 1. The van der Waals surface area contributed by atoms with Crippen LogP contribution in [0.3, 0.4) is 0 Å². The molecule has 0 saturated heterocycles. The van der Waals surface area contributed by atoms with Gasteiger partial charge in [-0.3, -0.25) is 14.6 Å². The molecule has 168 valence electrons. The van der Waals surface area contributed by atoms with Crippen LogP contribution in [0.5, 0.6) is 0 Å². The molecule has 0 saturated carbocycles. The number of carbonyl (C=O) groups excluding carboxylic acids is 2. The number of ketones is 1. The van der Waals surface area contributed by atoms with Crippen LogP contribution < -0.4 is 16.8 Å². The van der Waals surface area contributed by atoms with Crippen molar-refractivity contribution < 1.29 is 9.59 Å². The van der Waals surface area contributed by atoms with E-state index in [1.165, 1.54) is 0 Å². The van der Waals surface area contributed by atoms with Crippen molar-refractivity contribution in [2.45, 2.75) is 89.4 Å². The summed E-state index contributed by atoms with van der Waals surface area (Å²) in [6.07, 6.45) is 7.46. The first kappa shape index (κ1) is 23.9. The zero-order chi connectivity index (χ0) is 22.0. The number of nitrogens with zero attached hydrogens (tertiary/aromatic N) is 5. The third-order valence-corrected chi connectivity index (χ3v) is 5.49. The molecule has 0 radical (unpaired) electrons. The summed E-state index contributed by atoms with van der Waals surface area (Å²) in [5, 5.41) is 18.8. The fourth-order valence-corrected chi connectivity index (χ4v) is 3.31. The Morgan fingerprint density at radius 1 is 0.933 bits per heavy atom. The molecule has 0 aliphatic carbocycles. The van der Waals surface area contributed by atoms with Gasteiger partial charge in [0.15, 0.2) is 17.3 Å². The Kier molecular flexibility index (Phi) is 8.86. The highest BCUT2D eigenvalue weighted by atomic mass is 16.2. The smallest absolute Gasteiger partial charge is 0.223 e. The second-order valence-electron chi connectivity index (χ2n) is 8.68. The first-order chi connectivity index (χ1) is 14.2. The summed E-state index contributed by atoms with van der Waals surface area (Å²) in [7, 11) is 0. The van der Waals surface area contributed by atoms with Crippen molar-refractivity contribution in [1.82, 2.24) is 5.32 Å². The SMILES string of the molecule is CC1(CCCCCC(=O)C[C@@H](CCCCN=C(N)N)C(=O)NCCC2(C)N=N2)N=N1. The highest BCUT2D eigenvalue weighted by molar-refractivity contribution is 5.86. The van der Waals surface area contributed by atoms with Gasteiger partial charge >= 0.3 is 0 Å². The van der Waals surface area contributed by atoms with Crippen molar-refractivity contribution >= 4 is 17.6 Å². The zero-order valence-electron chi connectivity index (χ0n) is 18.3. The molecule has 0 spiro atoms. The molecule has 2 rings (SSSR count). The predicted octanol–water partition coefficient (Wildman–Crippen LogP) is 2.83. The second-order valence-corrected chi connectivity index (χ2v) is 8.68. The first-order valence-electron chi connectivity index (χ1n) is 10.9. The minimum absolute atomic E-state index is 0.0701. The van der Waals surface area contributed by atoms with Crippen LogP contribution in [0.15, 0.2) is 25.4 Å². The van der Waals surface area contributed by atoms with E-state index < -0.39 is 0 Å². The lowest BCUT2D eigenvalue weighted by Gasteiger charge is -2.16. The minimum atomic E-state index is -0.336. The minimum Gasteiger partial charge on any atom is -0.370 e. The molecule has 0 fully saturated rings. The van der Waals surface area contributed by atoms with Crippen molar-refractivity contribution in [2.24, 2.45) is 42.8 Å². The molecule has 2 aliphatic heterocycles. The number of guanidine groups is 1. The molecule has 0 aromatic rings. The molecule has 30 heavy (non-hydrogen) atoms. The van der Waals surface area contributed by atoms with Crippen LogP contribution in [0, 0.1) is 5.92 Å². The second kappa shape index (κ2) is 11.1. The van der Waals surface area contributed by atoms with E-state index >= 15 is 0 Å². The summed E-state index contributed by atoms with van der Waals surface area (Å²) in [5.74, 6) is -0.174. The average Bonchev–Trinajstić information content (AvgIpc) is 3.59. The Balaban J connectivity index is 1.68. The van der Waals surface area contributed by atoms with E-state index in [4.69, 9.17) is 11.5 Å². The highest BCUT2D eigenvalue weighted by Crippen LogP contribution is 2.33. The molecule has 0 unspecified atom stereocenters. The molecule has 2 heterocycles. The molecule has 5 N–H and O–H groups in total. The van der Waals surface area contributed by atoms with Gasteiger partial charge < -0.3 is 16.8 Å². The van der Waals surface area contributed by atoms with E-state index in [-0.39, 0.29) is 41.3 Å². The third-order valence-electron chi connectivity index (χ3n) is 5.49. The number of amides is 1. The van der Waals surface area contributed by atoms with Crippen LogP contribution in [0.4, 0.5) is 0 Å². The summed E-state index contributed by atoms with van der Waals surface area (Å²) >= 11 is 0. The van der Waals surface area contributed by atoms with Gasteiger partial charge in [0.2, 0.25) is 5.91 Å². The monoisotopic (exact) mass is 420 g/mol. The maximum atomic E-state index is 12.6. The fraction of sp³-hybridized carbons (Fsp3) is 0.850. The van der Waals surface area contributed by atoms with Gasteiger partial charge in [-0.05, 0) is 46.0 Å². The van der Waals surface area contributed by atoms with Crippen LogP contribution in [0.1, 0.15) is 78.1 Å². The highest BCUT2D eigenvalue weighted by Gasteiger charge is 2.33. The molecule has 10 heteroatoms. The van der Waals surface area contributed by atoms with Gasteiger partial charge in [0, 0.05) is 38.3 Å². The van der Waals surface area contributed by atoms with Crippen molar-refractivity contribution in [3.63, 3.8) is 0 Å². The quantitative estimate of drug-likeness (QED) is 0.187. The van der Waals surface area contributed by atoms with Crippen molar-refractivity contribution in [3.05, 3.63) is 0 Å². The molecule has 10 nitrogen and oxygen atoms in total. The lowest BCUT2D eigenvalue weighted by molar-refractivity contribution is -0.129. The molecule has 2 aliphatic rings.